The van der Waals surface area contributed by atoms with Crippen LogP contribution < -0.4 is 5.32 Å². The van der Waals surface area contributed by atoms with Crippen molar-refractivity contribution in [2.45, 2.75) is 32.4 Å². The van der Waals surface area contributed by atoms with E-state index >= 15 is 0 Å². The molecular weight excluding hydrogens is 371 g/mol. The molecule has 0 bridgehead atoms. The first kappa shape index (κ1) is 17.5. The van der Waals surface area contributed by atoms with E-state index in [4.69, 9.17) is 0 Å². The van der Waals surface area contributed by atoms with Crippen LogP contribution in [0.15, 0.2) is 49.1 Å². The van der Waals surface area contributed by atoms with Crippen molar-refractivity contribution in [3.8, 4) is 0 Å². The fourth-order valence-electron chi connectivity index (χ4n) is 3.84. The highest BCUT2D eigenvalue weighted by Crippen LogP contribution is 2.29. The van der Waals surface area contributed by atoms with Gasteiger partial charge in [-0.2, -0.15) is 5.10 Å². The molecule has 1 amide bonds. The largest absolute Gasteiger partial charge is 0.334 e. The zero-order valence-electron chi connectivity index (χ0n) is 15.8. The van der Waals surface area contributed by atoms with E-state index in [9.17, 15) is 9.18 Å². The summed E-state index contributed by atoms with van der Waals surface area (Å²) < 4.78 is 18.1. The third-order valence-corrected chi connectivity index (χ3v) is 5.31. The number of hydrogen-bond acceptors (Lipinski definition) is 4. The second-order valence-electron chi connectivity index (χ2n) is 7.22. The van der Waals surface area contributed by atoms with Crippen molar-refractivity contribution in [2.24, 2.45) is 0 Å². The number of carbonyl (C=O) groups excluding carboxylic acids is 1. The van der Waals surface area contributed by atoms with Crippen LogP contribution in [0.4, 0.5) is 10.2 Å². The molecule has 4 heterocycles. The molecule has 1 aliphatic rings. The number of nitrogens with zero attached hydrogens (tertiary/aromatic N) is 5. The van der Waals surface area contributed by atoms with Crippen molar-refractivity contribution in [3.05, 3.63) is 71.8 Å². The molecule has 5 rings (SSSR count). The highest BCUT2D eigenvalue weighted by molar-refractivity contribution is 5.95. The number of halogens is 1. The van der Waals surface area contributed by atoms with Gasteiger partial charge in [0.25, 0.3) is 5.91 Å². The Bertz CT molecular complexity index is 1220. The smallest absolute Gasteiger partial charge is 0.256 e. The van der Waals surface area contributed by atoms with E-state index in [-0.39, 0.29) is 18.7 Å². The molecule has 1 atom stereocenters. The maximum Gasteiger partial charge on any atom is 0.256 e. The minimum atomic E-state index is -0.821. The lowest BCUT2D eigenvalue weighted by Crippen LogP contribution is -2.29. The highest BCUT2D eigenvalue weighted by Gasteiger charge is 2.31. The Morgan fingerprint density at radius 3 is 3.00 bits per heavy atom. The zero-order valence-corrected chi connectivity index (χ0v) is 15.8. The van der Waals surface area contributed by atoms with Gasteiger partial charge in [0.1, 0.15) is 11.3 Å². The molecule has 1 unspecified atom stereocenters. The van der Waals surface area contributed by atoms with Crippen LogP contribution in [-0.2, 0) is 17.8 Å². The monoisotopic (exact) mass is 392 g/mol. The summed E-state index contributed by atoms with van der Waals surface area (Å²) in [7, 11) is 0. The molecule has 1 aliphatic heterocycles. The minimum Gasteiger partial charge on any atom is -0.334 e. The fourth-order valence-corrected chi connectivity index (χ4v) is 3.84. The number of carbonyl (C=O) groups is 1. The van der Waals surface area contributed by atoms with Gasteiger partial charge in [-0.1, -0.05) is 18.2 Å². The number of aromatic nitrogens is 5. The Morgan fingerprint density at radius 1 is 1.28 bits per heavy atom. The molecule has 4 aromatic rings. The average Bonchev–Trinajstić information content (AvgIpc) is 3.43. The summed E-state index contributed by atoms with van der Waals surface area (Å²) in [6, 6.07) is 7.99. The van der Waals surface area contributed by atoms with Crippen molar-refractivity contribution >= 4 is 22.6 Å². The summed E-state index contributed by atoms with van der Waals surface area (Å²) in [4.78, 5) is 22.0. The van der Waals surface area contributed by atoms with Gasteiger partial charge in [-0.15, -0.1) is 0 Å². The van der Waals surface area contributed by atoms with Gasteiger partial charge in [0.05, 0.1) is 12.0 Å². The van der Waals surface area contributed by atoms with Gasteiger partial charge in [0.2, 0.25) is 0 Å². The van der Waals surface area contributed by atoms with Crippen LogP contribution in [0.2, 0.25) is 0 Å². The highest BCUT2D eigenvalue weighted by atomic mass is 19.1. The molecule has 0 aliphatic carbocycles. The SMILES string of the molecule is Cc1ccc2cn(C(C(=O)Nc3ccccn3)c3ncn4c3CCC4)nc2c1F.[HH]. The molecule has 1 aromatic carbocycles. The first-order chi connectivity index (χ1) is 14.1. The van der Waals surface area contributed by atoms with Crippen LogP contribution >= 0.6 is 0 Å². The standard InChI is InChI=1S/C21H19FN6O.H2/c1-13-7-8-14-11-28(26-18(14)17(13)22)20(19-15-5-4-10-27(15)12-24-19)21(29)25-16-6-2-3-9-23-16;/h2-3,6-9,11-12,20H,4-5,10H2,1H3,(H,23,25,29);1H. The Kier molecular flexibility index (Phi) is 4.12. The predicted molar refractivity (Wildman–Crippen MR) is 108 cm³/mol. The van der Waals surface area contributed by atoms with Crippen LogP contribution in [0.3, 0.4) is 0 Å². The Morgan fingerprint density at radius 2 is 2.17 bits per heavy atom. The van der Waals surface area contributed by atoms with Crippen molar-refractivity contribution in [2.75, 3.05) is 5.32 Å². The lowest BCUT2D eigenvalue weighted by Gasteiger charge is -2.16. The summed E-state index contributed by atoms with van der Waals surface area (Å²) in [5, 5.41) is 7.90. The minimum absolute atomic E-state index is 0. The number of benzene rings is 1. The molecule has 8 heteroatoms. The van der Waals surface area contributed by atoms with Gasteiger partial charge in [-0.3, -0.25) is 9.48 Å². The van der Waals surface area contributed by atoms with Crippen LogP contribution in [0.1, 0.15) is 30.8 Å². The van der Waals surface area contributed by atoms with Gasteiger partial charge in [-0.05, 0) is 37.5 Å². The van der Waals surface area contributed by atoms with E-state index in [0.29, 0.717) is 22.5 Å². The van der Waals surface area contributed by atoms with Gasteiger partial charge in [0, 0.05) is 31.4 Å². The topological polar surface area (TPSA) is 77.6 Å². The quantitative estimate of drug-likeness (QED) is 0.577. The molecule has 0 spiro atoms. The molecule has 0 saturated carbocycles. The molecule has 0 saturated heterocycles. The predicted octanol–water partition coefficient (Wildman–Crippen LogP) is 3.50. The van der Waals surface area contributed by atoms with E-state index in [2.05, 4.69) is 25.0 Å². The van der Waals surface area contributed by atoms with Crippen LogP contribution in [-0.4, -0.2) is 30.2 Å². The number of fused-ring (bicyclic) bond motifs is 2. The lowest BCUT2D eigenvalue weighted by molar-refractivity contribution is -0.118. The summed E-state index contributed by atoms with van der Waals surface area (Å²) in [6.45, 7) is 2.58. The van der Waals surface area contributed by atoms with Gasteiger partial charge >= 0.3 is 0 Å². The molecular formula is C21H21FN6O. The Hall–Kier alpha value is -3.55. The van der Waals surface area contributed by atoms with E-state index < -0.39 is 6.04 Å². The Balaban J connectivity index is 0.00000218. The molecule has 0 radical (unpaired) electrons. The van der Waals surface area contributed by atoms with Crippen LogP contribution in [0.25, 0.3) is 10.9 Å². The number of amides is 1. The maximum absolute atomic E-state index is 14.6. The lowest BCUT2D eigenvalue weighted by atomic mass is 10.1. The molecule has 148 valence electrons. The van der Waals surface area contributed by atoms with Crippen molar-refractivity contribution < 1.29 is 10.6 Å². The third-order valence-electron chi connectivity index (χ3n) is 5.31. The molecule has 7 nitrogen and oxygen atoms in total. The van der Waals surface area contributed by atoms with Gasteiger partial charge in [0.15, 0.2) is 11.9 Å². The van der Waals surface area contributed by atoms with E-state index in [1.807, 2.05) is 6.07 Å². The van der Waals surface area contributed by atoms with Crippen molar-refractivity contribution in [1.29, 1.82) is 0 Å². The number of rotatable bonds is 4. The van der Waals surface area contributed by atoms with Crippen LogP contribution in [0.5, 0.6) is 0 Å². The zero-order chi connectivity index (χ0) is 20.0. The van der Waals surface area contributed by atoms with Crippen molar-refractivity contribution in [3.63, 3.8) is 0 Å². The number of anilines is 1. The van der Waals surface area contributed by atoms with Gasteiger partial charge < -0.3 is 9.88 Å². The molecule has 0 fully saturated rings. The molecule has 3 aromatic heterocycles. The summed E-state index contributed by atoms with van der Waals surface area (Å²) >= 11 is 0. The number of imidazole rings is 1. The third kappa shape index (κ3) is 2.97. The summed E-state index contributed by atoms with van der Waals surface area (Å²) in [5.41, 5.74) is 2.42. The second kappa shape index (κ2) is 6.80. The summed E-state index contributed by atoms with van der Waals surface area (Å²) in [5.74, 6) is -0.251. The average molecular weight is 392 g/mol. The molecule has 29 heavy (non-hydrogen) atoms. The molecule has 1 N–H and O–H groups in total. The van der Waals surface area contributed by atoms with Gasteiger partial charge in [-0.25, -0.2) is 14.4 Å². The van der Waals surface area contributed by atoms with E-state index in [0.717, 1.165) is 25.1 Å². The first-order valence-electron chi connectivity index (χ1n) is 9.51. The maximum atomic E-state index is 14.6. The number of nitrogens with one attached hydrogen (secondary N) is 1. The Labute approximate surface area is 167 Å². The first-order valence-corrected chi connectivity index (χ1v) is 9.51. The van der Waals surface area contributed by atoms with E-state index in [1.165, 1.54) is 4.68 Å². The summed E-state index contributed by atoms with van der Waals surface area (Å²) in [6.07, 6.45) is 6.92. The second-order valence-corrected chi connectivity index (χ2v) is 7.22. The fraction of sp³-hybridized carbons (Fsp3) is 0.238. The number of hydrogen-bond donors (Lipinski definition) is 1. The van der Waals surface area contributed by atoms with Crippen LogP contribution in [0, 0.1) is 12.7 Å². The number of pyridine rings is 1. The van der Waals surface area contributed by atoms with Crippen molar-refractivity contribution in [1.82, 2.24) is 24.3 Å². The van der Waals surface area contributed by atoms with E-state index in [1.54, 1.807) is 49.9 Å². The number of aryl methyl sites for hydroxylation is 2. The normalized spacial score (nSPS) is 14.1.